The van der Waals surface area contributed by atoms with Crippen LogP contribution in [-0.4, -0.2) is 63.1 Å². The predicted octanol–water partition coefficient (Wildman–Crippen LogP) is 5.24. The zero-order chi connectivity index (χ0) is 25.3. The van der Waals surface area contributed by atoms with Crippen molar-refractivity contribution in [3.8, 4) is 11.1 Å². The first-order valence-corrected chi connectivity index (χ1v) is 14.3. The van der Waals surface area contributed by atoms with E-state index in [1.165, 1.54) is 22.3 Å². The average Bonchev–Trinajstić information content (AvgIpc) is 2.86. The highest BCUT2D eigenvalue weighted by molar-refractivity contribution is 7.89. The predicted molar refractivity (Wildman–Crippen MR) is 145 cm³/mol. The van der Waals surface area contributed by atoms with Crippen molar-refractivity contribution in [2.75, 3.05) is 33.4 Å². The van der Waals surface area contributed by atoms with E-state index in [1.807, 2.05) is 25.1 Å². The van der Waals surface area contributed by atoms with Gasteiger partial charge in [-0.25, -0.2) is 8.42 Å². The fourth-order valence-corrected chi connectivity index (χ4v) is 7.77. The zero-order valence-electron chi connectivity index (χ0n) is 21.4. The monoisotopic (exact) mass is 504 g/mol. The number of hydrogen-bond acceptors (Lipinski definition) is 4. The van der Waals surface area contributed by atoms with Crippen LogP contribution in [0.4, 0.5) is 0 Å². The van der Waals surface area contributed by atoms with Crippen LogP contribution in [0.15, 0.2) is 77.7 Å². The Kier molecular flexibility index (Phi) is 7.31. The van der Waals surface area contributed by atoms with Crippen LogP contribution in [0.2, 0.25) is 0 Å². The molecule has 0 spiro atoms. The third-order valence-electron chi connectivity index (χ3n) is 7.95. The molecule has 0 aliphatic carbocycles. The number of benzene rings is 3. The molecule has 3 aromatic carbocycles. The van der Waals surface area contributed by atoms with Crippen molar-refractivity contribution in [3.63, 3.8) is 0 Å². The number of rotatable bonds is 6. The van der Waals surface area contributed by atoms with Crippen LogP contribution in [0.1, 0.15) is 35.4 Å². The molecule has 0 N–H and O–H groups in total. The maximum Gasteiger partial charge on any atom is 0.243 e. The minimum atomic E-state index is -3.56. The molecule has 2 saturated heterocycles. The van der Waals surface area contributed by atoms with Crippen molar-refractivity contribution in [3.05, 3.63) is 89.5 Å². The summed E-state index contributed by atoms with van der Waals surface area (Å²) in [5.41, 5.74) is 5.76. The number of methoxy groups -OCH3 is 1. The van der Waals surface area contributed by atoms with E-state index in [-0.39, 0.29) is 18.0 Å². The third-order valence-corrected chi connectivity index (χ3v) is 9.97. The van der Waals surface area contributed by atoms with Gasteiger partial charge in [0.1, 0.15) is 0 Å². The van der Waals surface area contributed by atoms with Crippen LogP contribution in [-0.2, 0) is 14.8 Å². The first kappa shape index (κ1) is 25.2. The van der Waals surface area contributed by atoms with Crippen LogP contribution in [0.3, 0.4) is 0 Å². The minimum absolute atomic E-state index is 0.133. The fourth-order valence-electron chi connectivity index (χ4n) is 6.05. The van der Waals surface area contributed by atoms with E-state index in [0.717, 1.165) is 24.9 Å². The molecule has 2 fully saturated rings. The van der Waals surface area contributed by atoms with E-state index in [0.29, 0.717) is 24.6 Å². The molecular formula is C30H36N2O3S. The van der Waals surface area contributed by atoms with E-state index >= 15 is 0 Å². The summed E-state index contributed by atoms with van der Waals surface area (Å²) in [4.78, 5) is 2.90. The number of fused-ring (bicyclic) bond motifs is 1. The largest absolute Gasteiger partial charge is 0.383 e. The average molecular weight is 505 g/mol. The van der Waals surface area contributed by atoms with E-state index in [4.69, 9.17) is 4.74 Å². The summed E-state index contributed by atoms with van der Waals surface area (Å²) < 4.78 is 34.8. The Bertz CT molecular complexity index is 1310. The van der Waals surface area contributed by atoms with Gasteiger partial charge < -0.3 is 4.74 Å². The van der Waals surface area contributed by atoms with Crippen molar-refractivity contribution < 1.29 is 13.2 Å². The summed E-state index contributed by atoms with van der Waals surface area (Å²) in [7, 11) is -1.81. The Balaban J connectivity index is 1.45. The highest BCUT2D eigenvalue weighted by Gasteiger charge is 2.50. The lowest BCUT2D eigenvalue weighted by molar-refractivity contribution is -0.0635. The second-order valence-corrected chi connectivity index (χ2v) is 12.0. The molecule has 5 rings (SSSR count). The molecule has 36 heavy (non-hydrogen) atoms. The van der Waals surface area contributed by atoms with Gasteiger partial charge in [-0.2, -0.15) is 4.31 Å². The molecule has 0 radical (unpaired) electrons. The van der Waals surface area contributed by atoms with E-state index in [9.17, 15) is 8.42 Å². The maximum atomic E-state index is 13.7. The lowest BCUT2D eigenvalue weighted by Crippen LogP contribution is -2.68. The zero-order valence-corrected chi connectivity index (χ0v) is 22.2. The van der Waals surface area contributed by atoms with Gasteiger partial charge in [0.25, 0.3) is 0 Å². The molecule has 2 aliphatic heterocycles. The standard InChI is InChI=1S/C30H36N2O3S/c1-22-10-4-6-12-26(22)24-14-16-25(17-15-24)30-27-20-31(18-8-9-19-32(27)28(30)21-35-3)36(33,34)29-13-7-5-11-23(29)2/h4-7,10-17,27-28,30H,8-9,18-21H2,1-3H3/t27-,28+,30-/m0/s1. The van der Waals surface area contributed by atoms with Gasteiger partial charge in [-0.1, -0.05) is 66.7 Å². The first-order valence-electron chi connectivity index (χ1n) is 12.9. The van der Waals surface area contributed by atoms with Crippen LogP contribution in [0, 0.1) is 13.8 Å². The van der Waals surface area contributed by atoms with E-state index in [1.54, 1.807) is 17.5 Å². The Hall–Kier alpha value is -2.51. The topological polar surface area (TPSA) is 49.9 Å². The van der Waals surface area contributed by atoms with Gasteiger partial charge in [0.2, 0.25) is 10.0 Å². The van der Waals surface area contributed by atoms with Crippen LogP contribution in [0.25, 0.3) is 11.1 Å². The molecule has 3 aromatic rings. The van der Waals surface area contributed by atoms with Gasteiger partial charge in [-0.05, 0) is 67.1 Å². The van der Waals surface area contributed by atoms with Gasteiger partial charge in [0.15, 0.2) is 0 Å². The molecular weight excluding hydrogens is 468 g/mol. The Labute approximate surface area is 215 Å². The highest BCUT2D eigenvalue weighted by Crippen LogP contribution is 2.43. The molecule has 2 heterocycles. The second-order valence-electron chi connectivity index (χ2n) is 10.1. The van der Waals surface area contributed by atoms with Gasteiger partial charge in [0, 0.05) is 38.2 Å². The Morgan fingerprint density at radius 3 is 2.22 bits per heavy atom. The van der Waals surface area contributed by atoms with E-state index < -0.39 is 10.0 Å². The number of aryl methyl sites for hydroxylation is 2. The van der Waals surface area contributed by atoms with Crippen LogP contribution >= 0.6 is 0 Å². The molecule has 0 unspecified atom stereocenters. The number of ether oxygens (including phenoxy) is 1. The van der Waals surface area contributed by atoms with Crippen molar-refractivity contribution >= 4 is 10.0 Å². The SMILES string of the molecule is COC[C@@H]1[C@@H](c2ccc(-c3ccccc3C)cc2)[C@@H]2CN(S(=O)(=O)c3ccccc3C)CCCCN12. The lowest BCUT2D eigenvalue weighted by atomic mass is 9.74. The van der Waals surface area contributed by atoms with Crippen LogP contribution < -0.4 is 0 Å². The van der Waals surface area contributed by atoms with Crippen molar-refractivity contribution in [2.45, 2.75) is 49.6 Å². The Morgan fingerprint density at radius 2 is 1.53 bits per heavy atom. The minimum Gasteiger partial charge on any atom is -0.383 e. The molecule has 0 aromatic heterocycles. The smallest absolute Gasteiger partial charge is 0.243 e. The van der Waals surface area contributed by atoms with Crippen molar-refractivity contribution in [2.24, 2.45) is 0 Å². The fraction of sp³-hybridized carbons (Fsp3) is 0.400. The molecule has 190 valence electrons. The van der Waals surface area contributed by atoms with E-state index in [2.05, 4.69) is 60.4 Å². The van der Waals surface area contributed by atoms with Crippen molar-refractivity contribution in [1.82, 2.24) is 9.21 Å². The Morgan fingerprint density at radius 1 is 0.861 bits per heavy atom. The molecule has 5 nitrogen and oxygen atoms in total. The molecule has 0 saturated carbocycles. The maximum absolute atomic E-state index is 13.7. The summed E-state index contributed by atoms with van der Waals surface area (Å²) in [6.45, 7) is 6.70. The summed E-state index contributed by atoms with van der Waals surface area (Å²) in [6, 6.07) is 25.0. The van der Waals surface area contributed by atoms with Gasteiger partial charge >= 0.3 is 0 Å². The number of hydrogen-bond donors (Lipinski definition) is 0. The van der Waals surface area contributed by atoms with Crippen molar-refractivity contribution in [1.29, 1.82) is 0 Å². The molecule has 2 aliphatic rings. The van der Waals surface area contributed by atoms with Gasteiger partial charge in [-0.3, -0.25) is 4.90 Å². The quantitative estimate of drug-likeness (QED) is 0.461. The summed E-state index contributed by atoms with van der Waals surface area (Å²) in [5.74, 6) is 0.226. The molecule has 0 bridgehead atoms. The first-order chi connectivity index (χ1) is 17.4. The third kappa shape index (κ3) is 4.63. The summed E-state index contributed by atoms with van der Waals surface area (Å²) in [6.07, 6.45) is 1.85. The second kappa shape index (κ2) is 10.5. The normalized spacial score (nSPS) is 23.4. The molecule has 0 amide bonds. The molecule has 3 atom stereocenters. The number of sulfonamides is 1. The highest BCUT2D eigenvalue weighted by atomic mass is 32.2. The number of nitrogens with zero attached hydrogens (tertiary/aromatic N) is 2. The van der Waals surface area contributed by atoms with Gasteiger partial charge in [-0.15, -0.1) is 0 Å². The van der Waals surface area contributed by atoms with Gasteiger partial charge in [0.05, 0.1) is 11.5 Å². The van der Waals surface area contributed by atoms with Crippen LogP contribution in [0.5, 0.6) is 0 Å². The summed E-state index contributed by atoms with van der Waals surface area (Å²) >= 11 is 0. The molecule has 6 heteroatoms. The lowest BCUT2D eigenvalue weighted by Gasteiger charge is -2.57. The summed E-state index contributed by atoms with van der Waals surface area (Å²) in [5, 5.41) is 0.